The van der Waals surface area contributed by atoms with Gasteiger partial charge in [0.15, 0.2) is 0 Å². The molecule has 0 saturated heterocycles. The molecule has 0 amide bonds. The molecule has 1 aliphatic rings. The average Bonchev–Trinajstić information content (AvgIpc) is 2.96. The summed E-state index contributed by atoms with van der Waals surface area (Å²) in [5, 5.41) is 10.6. The van der Waals surface area contributed by atoms with Crippen LogP contribution in [0.25, 0.3) is 5.70 Å². The van der Waals surface area contributed by atoms with Crippen molar-refractivity contribution in [2.24, 2.45) is 0 Å². The normalized spacial score (nSPS) is 13.6. The molecule has 0 radical (unpaired) electrons. The van der Waals surface area contributed by atoms with Crippen molar-refractivity contribution in [2.75, 3.05) is 19.8 Å². The molecule has 1 aromatic rings. The van der Waals surface area contributed by atoms with Gasteiger partial charge in [-0.1, -0.05) is 24.3 Å². The number of hydrogen-bond acceptors (Lipinski definition) is 4. The van der Waals surface area contributed by atoms with Crippen LogP contribution in [0.3, 0.4) is 0 Å². The molecule has 0 saturated carbocycles. The molecule has 22 heavy (non-hydrogen) atoms. The first-order chi connectivity index (χ1) is 10.7. The van der Waals surface area contributed by atoms with Crippen LogP contribution < -0.4 is 11.0 Å². The molecule has 1 aromatic carbocycles. The number of carboxylic acid groups (broad SMARTS) is 1. The maximum atomic E-state index is 10.4. The Labute approximate surface area is 130 Å². The third-order valence-electron chi connectivity index (χ3n) is 3.25. The van der Waals surface area contributed by atoms with Crippen LogP contribution in [-0.4, -0.2) is 35.8 Å². The van der Waals surface area contributed by atoms with Gasteiger partial charge in [-0.3, -0.25) is 4.79 Å². The van der Waals surface area contributed by atoms with Gasteiger partial charge in [0.1, 0.15) is 5.70 Å². The van der Waals surface area contributed by atoms with Crippen LogP contribution in [0.4, 0.5) is 0 Å². The highest BCUT2D eigenvalue weighted by Gasteiger charge is 2.15. The van der Waals surface area contributed by atoms with Crippen molar-refractivity contribution in [2.45, 2.75) is 12.8 Å². The third-order valence-corrected chi connectivity index (χ3v) is 3.25. The van der Waals surface area contributed by atoms with Gasteiger partial charge in [0.25, 0.3) is 0 Å². The predicted molar refractivity (Wildman–Crippen MR) is 83.2 cm³/mol. The lowest BCUT2D eigenvalue weighted by Gasteiger charge is -2.06. The minimum Gasteiger partial charge on any atom is -0.481 e. The molecule has 2 rings (SSSR count). The number of nitrogens with zero attached hydrogens (tertiary/aromatic N) is 1. The van der Waals surface area contributed by atoms with Crippen LogP contribution in [0.2, 0.25) is 0 Å². The summed E-state index contributed by atoms with van der Waals surface area (Å²) in [7, 11) is 0. The van der Waals surface area contributed by atoms with Crippen LogP contribution in [0.15, 0.2) is 43.1 Å². The van der Waals surface area contributed by atoms with E-state index in [2.05, 4.69) is 24.1 Å². The second-order valence-electron chi connectivity index (χ2n) is 5.01. The number of carboxylic acids is 1. The Balaban J connectivity index is 1.86. The molecule has 0 bridgehead atoms. The van der Waals surface area contributed by atoms with E-state index in [1.54, 1.807) is 0 Å². The van der Waals surface area contributed by atoms with Crippen LogP contribution in [-0.2, 0) is 16.0 Å². The van der Waals surface area contributed by atoms with E-state index in [1.165, 1.54) is 0 Å². The van der Waals surface area contributed by atoms with Gasteiger partial charge in [-0.15, -0.1) is 12.1 Å². The third kappa shape index (κ3) is 4.91. The zero-order chi connectivity index (χ0) is 15.8. The van der Waals surface area contributed by atoms with Gasteiger partial charge in [0.2, 0.25) is 0 Å². The van der Waals surface area contributed by atoms with E-state index in [0.717, 1.165) is 29.8 Å². The number of ether oxygens (including phenoxy) is 1. The molecule has 0 spiro atoms. The van der Waals surface area contributed by atoms with Crippen molar-refractivity contribution < 1.29 is 20.2 Å². The first kappa shape index (κ1) is 16.1. The summed E-state index contributed by atoms with van der Waals surface area (Å²) in [6.07, 6.45) is 4.71. The van der Waals surface area contributed by atoms with Crippen molar-refractivity contribution in [3.63, 3.8) is 0 Å². The lowest BCUT2D eigenvalue weighted by molar-refractivity contribution is -0.819. The Bertz CT molecular complexity index is 557. The molecular formula is C16H22N3O3+. The quantitative estimate of drug-likeness (QED) is 0.352. The predicted octanol–water partition coefficient (Wildman–Crippen LogP) is 0.503. The number of hydrogen-bond donors (Lipinski definition) is 3. The van der Waals surface area contributed by atoms with Crippen LogP contribution >= 0.6 is 0 Å². The molecule has 6 nitrogen and oxygen atoms in total. The number of nitrogens with one attached hydrogen (secondary N) is 1. The Morgan fingerprint density at radius 1 is 1.45 bits per heavy atom. The smallest absolute Gasteiger partial charge is 0.305 e. The van der Waals surface area contributed by atoms with Gasteiger partial charge < -0.3 is 9.84 Å². The van der Waals surface area contributed by atoms with Crippen molar-refractivity contribution in [3.05, 3.63) is 54.2 Å². The van der Waals surface area contributed by atoms with E-state index >= 15 is 0 Å². The zero-order valence-electron chi connectivity index (χ0n) is 12.5. The summed E-state index contributed by atoms with van der Waals surface area (Å²) in [5.74, 6) is -0.832. The SMILES string of the molecule is C=CCN1C=C(c2cccc(CCOCCC(=O)O)c2)N[NH2+]1. The molecule has 6 heteroatoms. The topological polar surface area (TPSA) is 78.4 Å². The van der Waals surface area contributed by atoms with Crippen LogP contribution in [0.1, 0.15) is 17.5 Å². The number of nitrogens with two attached hydrogens (primary N) is 1. The van der Waals surface area contributed by atoms with Crippen LogP contribution in [0.5, 0.6) is 0 Å². The van der Waals surface area contributed by atoms with E-state index in [4.69, 9.17) is 9.84 Å². The molecule has 0 atom stereocenters. The van der Waals surface area contributed by atoms with Crippen molar-refractivity contribution >= 4 is 11.7 Å². The van der Waals surface area contributed by atoms with E-state index in [9.17, 15) is 4.79 Å². The van der Waals surface area contributed by atoms with Gasteiger partial charge in [-0.05, 0) is 18.1 Å². The Morgan fingerprint density at radius 3 is 3.09 bits per heavy atom. The molecule has 4 N–H and O–H groups in total. The second kappa shape index (κ2) is 8.21. The molecule has 0 fully saturated rings. The number of benzene rings is 1. The Hall–Kier alpha value is -2.31. The summed E-state index contributed by atoms with van der Waals surface area (Å²) in [6, 6.07) is 8.23. The minimum absolute atomic E-state index is 0.0474. The summed E-state index contributed by atoms with van der Waals surface area (Å²) in [6.45, 7) is 5.28. The minimum atomic E-state index is -0.832. The fourth-order valence-electron chi connectivity index (χ4n) is 2.15. The lowest BCUT2D eigenvalue weighted by atomic mass is 10.1. The summed E-state index contributed by atoms with van der Waals surface area (Å²) < 4.78 is 5.33. The first-order valence-corrected chi connectivity index (χ1v) is 7.26. The van der Waals surface area contributed by atoms with Crippen molar-refractivity contribution in [3.8, 4) is 0 Å². The number of carbonyl (C=O) groups is 1. The standard InChI is InChI=1S/C16H21N3O3/c1-2-8-19-12-15(17-18-19)14-5-3-4-13(11-14)6-9-22-10-7-16(20)21/h2-5,11-12,17-18H,1,6-10H2,(H,20,21)/p+1. The highest BCUT2D eigenvalue weighted by atomic mass is 16.5. The number of rotatable bonds is 9. The van der Waals surface area contributed by atoms with E-state index < -0.39 is 5.97 Å². The highest BCUT2D eigenvalue weighted by Crippen LogP contribution is 2.15. The largest absolute Gasteiger partial charge is 0.481 e. The van der Waals surface area contributed by atoms with Gasteiger partial charge >= 0.3 is 5.97 Å². The van der Waals surface area contributed by atoms with E-state index in [1.807, 2.05) is 35.0 Å². The number of quaternary nitrogens is 1. The molecule has 1 heterocycles. The molecule has 1 aliphatic heterocycles. The van der Waals surface area contributed by atoms with Gasteiger partial charge in [0.05, 0.1) is 32.4 Å². The van der Waals surface area contributed by atoms with Crippen molar-refractivity contribution in [1.82, 2.24) is 10.4 Å². The summed E-state index contributed by atoms with van der Waals surface area (Å²) in [4.78, 5) is 10.4. The second-order valence-corrected chi connectivity index (χ2v) is 5.01. The zero-order valence-corrected chi connectivity index (χ0v) is 12.5. The average molecular weight is 304 g/mol. The molecule has 118 valence electrons. The molecular weight excluding hydrogens is 282 g/mol. The monoisotopic (exact) mass is 304 g/mol. The maximum Gasteiger partial charge on any atom is 0.305 e. The lowest BCUT2D eigenvalue weighted by Crippen LogP contribution is -2.96. The molecule has 0 unspecified atom stereocenters. The fourth-order valence-corrected chi connectivity index (χ4v) is 2.15. The van der Waals surface area contributed by atoms with Crippen LogP contribution in [0, 0.1) is 0 Å². The highest BCUT2D eigenvalue weighted by molar-refractivity contribution is 5.66. The first-order valence-electron chi connectivity index (χ1n) is 7.26. The Morgan fingerprint density at radius 2 is 2.32 bits per heavy atom. The van der Waals surface area contributed by atoms with Gasteiger partial charge in [-0.2, -0.15) is 0 Å². The number of aliphatic carboxylic acids is 1. The van der Waals surface area contributed by atoms with Gasteiger partial charge in [-0.25, -0.2) is 10.4 Å². The Kier molecular flexibility index (Phi) is 6.00. The molecule has 0 aliphatic carbocycles. The van der Waals surface area contributed by atoms with Crippen molar-refractivity contribution in [1.29, 1.82) is 0 Å². The summed E-state index contributed by atoms with van der Waals surface area (Å²) >= 11 is 0. The fraction of sp³-hybridized carbons (Fsp3) is 0.312. The van der Waals surface area contributed by atoms with E-state index in [-0.39, 0.29) is 13.0 Å². The van der Waals surface area contributed by atoms with E-state index in [0.29, 0.717) is 6.61 Å². The molecule has 0 aromatic heterocycles. The van der Waals surface area contributed by atoms with Gasteiger partial charge in [0, 0.05) is 5.56 Å². The maximum absolute atomic E-state index is 10.4. The summed E-state index contributed by atoms with van der Waals surface area (Å²) in [5.41, 5.74) is 8.49.